The standard InChI is InChI=1S/C23H20FN7S/c24-17-5-3-15(4-6-17)19-2-1-11-31(19)20-14-27-21(16-7-9-26-10-8-16)22(29-20)30-23-28-13-18(12-25)32-23/h3-7,9,13-14,19H,1-2,8,10-11H2,(H,28,29,30). The Morgan fingerprint density at radius 2 is 2.06 bits per heavy atom. The van der Waals surface area contributed by atoms with Crippen LogP contribution >= 0.6 is 11.3 Å². The van der Waals surface area contributed by atoms with Crippen LogP contribution in [0.2, 0.25) is 0 Å². The number of nitrogens with zero attached hydrogens (tertiary/aromatic N) is 6. The molecule has 1 N–H and O–H groups in total. The van der Waals surface area contributed by atoms with E-state index in [9.17, 15) is 4.39 Å². The molecule has 0 radical (unpaired) electrons. The van der Waals surface area contributed by atoms with Gasteiger partial charge in [0.05, 0.1) is 18.4 Å². The third-order valence-electron chi connectivity index (χ3n) is 5.60. The Morgan fingerprint density at radius 3 is 2.81 bits per heavy atom. The minimum Gasteiger partial charge on any atom is -0.348 e. The van der Waals surface area contributed by atoms with Gasteiger partial charge in [0.25, 0.3) is 0 Å². The fourth-order valence-corrected chi connectivity index (χ4v) is 4.69. The zero-order chi connectivity index (χ0) is 21.9. The highest BCUT2D eigenvalue weighted by atomic mass is 32.1. The number of nitriles is 1. The Bertz CT molecular complexity index is 1230. The normalized spacial score (nSPS) is 17.8. The fraction of sp³-hybridized carbons (Fsp3) is 0.261. The number of halogens is 1. The number of hydrogen-bond donors (Lipinski definition) is 1. The number of aliphatic imine (C=N–C) groups is 1. The summed E-state index contributed by atoms with van der Waals surface area (Å²) in [5.74, 6) is 1.12. The zero-order valence-electron chi connectivity index (χ0n) is 17.2. The van der Waals surface area contributed by atoms with Gasteiger partial charge in [-0.1, -0.05) is 23.5 Å². The number of hydrogen-bond acceptors (Lipinski definition) is 8. The predicted octanol–water partition coefficient (Wildman–Crippen LogP) is 4.89. The van der Waals surface area contributed by atoms with Gasteiger partial charge in [-0.25, -0.2) is 19.3 Å². The molecule has 3 aromatic rings. The number of anilines is 3. The van der Waals surface area contributed by atoms with Gasteiger partial charge in [0, 0.05) is 19.3 Å². The molecule has 32 heavy (non-hydrogen) atoms. The van der Waals surface area contributed by atoms with Crippen LogP contribution in [0, 0.1) is 17.1 Å². The second-order valence-electron chi connectivity index (χ2n) is 7.59. The highest BCUT2D eigenvalue weighted by molar-refractivity contribution is 7.16. The van der Waals surface area contributed by atoms with Crippen LogP contribution in [0.1, 0.15) is 41.4 Å². The second kappa shape index (κ2) is 8.85. The quantitative estimate of drug-likeness (QED) is 0.602. The molecule has 2 aromatic heterocycles. The lowest BCUT2D eigenvalue weighted by Crippen LogP contribution is -2.24. The van der Waals surface area contributed by atoms with Gasteiger partial charge >= 0.3 is 0 Å². The molecular weight excluding hydrogens is 425 g/mol. The Hall–Kier alpha value is -3.64. The van der Waals surface area contributed by atoms with Crippen LogP contribution in [0.15, 0.2) is 47.7 Å². The molecule has 9 heteroatoms. The number of nitrogens with one attached hydrogen (secondary N) is 1. The van der Waals surface area contributed by atoms with Crippen LogP contribution in [-0.2, 0) is 0 Å². The van der Waals surface area contributed by atoms with Crippen LogP contribution in [-0.4, -0.2) is 34.3 Å². The zero-order valence-corrected chi connectivity index (χ0v) is 18.0. The highest BCUT2D eigenvalue weighted by Crippen LogP contribution is 2.37. The molecule has 0 aliphatic carbocycles. The number of allylic oxidation sites excluding steroid dienone is 1. The summed E-state index contributed by atoms with van der Waals surface area (Å²) < 4.78 is 13.4. The molecule has 5 rings (SSSR count). The van der Waals surface area contributed by atoms with E-state index in [1.54, 1.807) is 18.6 Å². The van der Waals surface area contributed by atoms with Gasteiger partial charge in [0.2, 0.25) is 0 Å². The molecule has 0 amide bonds. The maximum Gasteiger partial charge on any atom is 0.189 e. The highest BCUT2D eigenvalue weighted by Gasteiger charge is 2.28. The Balaban J connectivity index is 1.51. The minimum absolute atomic E-state index is 0.120. The van der Waals surface area contributed by atoms with Crippen molar-refractivity contribution in [2.24, 2.45) is 4.99 Å². The maximum absolute atomic E-state index is 13.4. The van der Waals surface area contributed by atoms with Crippen LogP contribution in [0.25, 0.3) is 5.57 Å². The summed E-state index contributed by atoms with van der Waals surface area (Å²) in [5, 5.41) is 13.0. The lowest BCUT2D eigenvalue weighted by atomic mass is 10.0. The third kappa shape index (κ3) is 4.09. The molecule has 2 aliphatic heterocycles. The van der Waals surface area contributed by atoms with Gasteiger partial charge in [0.15, 0.2) is 10.9 Å². The van der Waals surface area contributed by atoms with Crippen molar-refractivity contribution in [1.82, 2.24) is 15.0 Å². The van der Waals surface area contributed by atoms with E-state index in [1.165, 1.54) is 23.5 Å². The topological polar surface area (TPSA) is 90.1 Å². The number of benzene rings is 1. The summed E-state index contributed by atoms with van der Waals surface area (Å²) in [4.78, 5) is 21.0. The molecule has 2 aliphatic rings. The van der Waals surface area contributed by atoms with Crippen LogP contribution in [0.5, 0.6) is 0 Å². The average molecular weight is 446 g/mol. The summed E-state index contributed by atoms with van der Waals surface area (Å²) in [7, 11) is 0. The fourth-order valence-electron chi connectivity index (χ4n) is 4.08. The summed E-state index contributed by atoms with van der Waals surface area (Å²) in [6.45, 7) is 1.56. The van der Waals surface area contributed by atoms with Crippen molar-refractivity contribution in [3.05, 3.63) is 64.7 Å². The van der Waals surface area contributed by atoms with E-state index in [2.05, 4.69) is 26.3 Å². The molecule has 1 fully saturated rings. The monoisotopic (exact) mass is 445 g/mol. The van der Waals surface area contributed by atoms with Gasteiger partial charge in [-0.2, -0.15) is 5.26 Å². The molecule has 1 saturated heterocycles. The SMILES string of the molecule is N#Cc1cnc(Nc2nc(N3CCCC3c3ccc(F)cc3)cnc2C2=CC=NCC2)s1. The summed E-state index contributed by atoms with van der Waals surface area (Å²) in [5.41, 5.74) is 2.87. The second-order valence-corrected chi connectivity index (χ2v) is 8.62. The minimum atomic E-state index is -0.238. The maximum atomic E-state index is 13.4. The van der Waals surface area contributed by atoms with Gasteiger partial charge < -0.3 is 10.2 Å². The average Bonchev–Trinajstić information content (AvgIpc) is 3.50. The molecule has 0 spiro atoms. The molecule has 7 nitrogen and oxygen atoms in total. The van der Waals surface area contributed by atoms with Crippen molar-refractivity contribution in [1.29, 1.82) is 5.26 Å². The van der Waals surface area contributed by atoms with Crippen molar-refractivity contribution < 1.29 is 4.39 Å². The molecule has 0 saturated carbocycles. The number of aromatic nitrogens is 3. The summed E-state index contributed by atoms with van der Waals surface area (Å²) >= 11 is 1.27. The van der Waals surface area contributed by atoms with Crippen molar-refractivity contribution >= 4 is 39.9 Å². The van der Waals surface area contributed by atoms with E-state index in [4.69, 9.17) is 15.2 Å². The lowest BCUT2D eigenvalue weighted by Gasteiger charge is -2.27. The van der Waals surface area contributed by atoms with E-state index >= 15 is 0 Å². The lowest BCUT2D eigenvalue weighted by molar-refractivity contribution is 0.624. The first kappa shape index (κ1) is 20.3. The first-order valence-corrected chi connectivity index (χ1v) is 11.2. The Labute approximate surface area is 189 Å². The van der Waals surface area contributed by atoms with Crippen molar-refractivity contribution in [2.75, 3.05) is 23.3 Å². The van der Waals surface area contributed by atoms with Crippen LogP contribution < -0.4 is 10.2 Å². The summed E-state index contributed by atoms with van der Waals surface area (Å²) in [6.07, 6.45) is 9.87. The number of thiazole rings is 1. The Morgan fingerprint density at radius 1 is 1.19 bits per heavy atom. The van der Waals surface area contributed by atoms with Crippen molar-refractivity contribution in [2.45, 2.75) is 25.3 Å². The largest absolute Gasteiger partial charge is 0.348 e. The van der Waals surface area contributed by atoms with Gasteiger partial charge in [0.1, 0.15) is 28.3 Å². The number of rotatable bonds is 5. The smallest absolute Gasteiger partial charge is 0.189 e. The van der Waals surface area contributed by atoms with Crippen molar-refractivity contribution in [3.63, 3.8) is 0 Å². The van der Waals surface area contributed by atoms with E-state index in [-0.39, 0.29) is 11.9 Å². The van der Waals surface area contributed by atoms with Crippen LogP contribution in [0.3, 0.4) is 0 Å². The first-order chi connectivity index (χ1) is 15.7. The molecule has 160 valence electrons. The third-order valence-corrected chi connectivity index (χ3v) is 6.42. The van der Waals surface area contributed by atoms with E-state index in [0.29, 0.717) is 22.4 Å². The molecular formula is C23H20FN7S. The molecule has 4 heterocycles. The Kier molecular flexibility index (Phi) is 5.60. The van der Waals surface area contributed by atoms with E-state index in [0.717, 1.165) is 48.5 Å². The predicted molar refractivity (Wildman–Crippen MR) is 124 cm³/mol. The number of dihydropyridines is 1. The molecule has 1 atom stereocenters. The molecule has 0 bridgehead atoms. The molecule has 1 unspecified atom stereocenters. The van der Waals surface area contributed by atoms with E-state index < -0.39 is 0 Å². The van der Waals surface area contributed by atoms with Gasteiger partial charge in [-0.05, 0) is 48.6 Å². The van der Waals surface area contributed by atoms with Crippen molar-refractivity contribution in [3.8, 4) is 6.07 Å². The molecule has 1 aromatic carbocycles. The van der Waals surface area contributed by atoms with E-state index in [1.807, 2.05) is 18.2 Å². The van der Waals surface area contributed by atoms with Gasteiger partial charge in [-0.3, -0.25) is 4.99 Å². The van der Waals surface area contributed by atoms with Gasteiger partial charge in [-0.15, -0.1) is 0 Å². The summed E-state index contributed by atoms with van der Waals surface area (Å²) in [6, 6.07) is 8.91. The van der Waals surface area contributed by atoms with Crippen LogP contribution in [0.4, 0.5) is 21.2 Å². The first-order valence-electron chi connectivity index (χ1n) is 10.4.